The van der Waals surface area contributed by atoms with Crippen molar-refractivity contribution in [3.63, 3.8) is 0 Å². The van der Waals surface area contributed by atoms with Crippen LogP contribution in [0, 0.1) is 0 Å². The van der Waals surface area contributed by atoms with Crippen molar-refractivity contribution in [2.45, 2.75) is 13.0 Å². The van der Waals surface area contributed by atoms with Gasteiger partial charge in [0.2, 0.25) is 0 Å². The molecule has 0 aliphatic carbocycles. The maximum Gasteiger partial charge on any atom is 0.253 e. The predicted molar refractivity (Wildman–Crippen MR) is 64.0 cm³/mol. The first-order chi connectivity index (χ1) is 7.56. The molecule has 0 spiro atoms. The molecule has 1 unspecified atom stereocenters. The Morgan fingerprint density at radius 1 is 1.62 bits per heavy atom. The first-order valence-electron chi connectivity index (χ1n) is 4.95. The first kappa shape index (κ1) is 12.8. The zero-order valence-electron chi connectivity index (χ0n) is 9.29. The molecule has 0 aromatic heterocycles. The van der Waals surface area contributed by atoms with Gasteiger partial charge in [-0.15, -0.1) is 0 Å². The number of rotatable bonds is 5. The second-order valence-corrected chi connectivity index (χ2v) is 3.87. The lowest BCUT2D eigenvalue weighted by atomic mass is 10.2. The van der Waals surface area contributed by atoms with E-state index in [0.29, 0.717) is 17.3 Å². The van der Waals surface area contributed by atoms with Crippen molar-refractivity contribution in [2.75, 3.05) is 13.6 Å². The number of amides is 1. The van der Waals surface area contributed by atoms with Gasteiger partial charge in [-0.25, -0.2) is 0 Å². The van der Waals surface area contributed by atoms with Gasteiger partial charge in [-0.1, -0.05) is 17.7 Å². The highest BCUT2D eigenvalue weighted by atomic mass is 35.5. The maximum atomic E-state index is 11.2. The molecule has 5 heteroatoms. The van der Waals surface area contributed by atoms with Crippen molar-refractivity contribution in [3.8, 4) is 5.75 Å². The summed E-state index contributed by atoms with van der Waals surface area (Å²) in [7, 11) is 1.83. The quantitative estimate of drug-likeness (QED) is 0.821. The minimum absolute atomic E-state index is 0.0680. The lowest BCUT2D eigenvalue weighted by Crippen LogP contribution is -2.27. The highest BCUT2D eigenvalue weighted by molar-refractivity contribution is 6.34. The zero-order valence-corrected chi connectivity index (χ0v) is 10.0. The van der Waals surface area contributed by atoms with Gasteiger partial charge in [0.05, 0.1) is 10.6 Å². The Bertz CT molecular complexity index is 382. The van der Waals surface area contributed by atoms with Crippen LogP contribution >= 0.6 is 11.6 Å². The van der Waals surface area contributed by atoms with E-state index in [4.69, 9.17) is 22.1 Å². The number of carbonyl (C=O) groups is 1. The SMILES string of the molecule is CNCC(C)Oc1cccc(Cl)c1C(N)=O. The van der Waals surface area contributed by atoms with Gasteiger partial charge in [0, 0.05) is 6.54 Å². The van der Waals surface area contributed by atoms with Crippen molar-refractivity contribution < 1.29 is 9.53 Å². The average molecular weight is 243 g/mol. The summed E-state index contributed by atoms with van der Waals surface area (Å²) in [4.78, 5) is 11.2. The van der Waals surface area contributed by atoms with Crippen molar-refractivity contribution in [2.24, 2.45) is 5.73 Å². The molecular weight excluding hydrogens is 228 g/mol. The van der Waals surface area contributed by atoms with Crippen LogP contribution in [0.4, 0.5) is 0 Å². The van der Waals surface area contributed by atoms with Gasteiger partial charge in [0.1, 0.15) is 11.9 Å². The molecule has 88 valence electrons. The summed E-state index contributed by atoms with van der Waals surface area (Å²) in [5, 5.41) is 3.28. The van der Waals surface area contributed by atoms with Gasteiger partial charge < -0.3 is 15.8 Å². The van der Waals surface area contributed by atoms with E-state index in [1.165, 1.54) is 0 Å². The number of likely N-dealkylation sites (N-methyl/N-ethyl adjacent to an activating group) is 1. The predicted octanol–water partition coefficient (Wildman–Crippen LogP) is 1.43. The number of hydrogen-bond donors (Lipinski definition) is 2. The second kappa shape index (κ2) is 5.72. The summed E-state index contributed by atoms with van der Waals surface area (Å²) in [5.74, 6) is -0.167. The average Bonchev–Trinajstić information content (AvgIpc) is 2.17. The molecule has 1 aromatic carbocycles. The van der Waals surface area contributed by atoms with Crippen molar-refractivity contribution in [3.05, 3.63) is 28.8 Å². The molecular formula is C11H15ClN2O2. The molecule has 1 aromatic rings. The first-order valence-corrected chi connectivity index (χ1v) is 5.33. The monoisotopic (exact) mass is 242 g/mol. The number of ether oxygens (including phenoxy) is 1. The number of nitrogens with one attached hydrogen (secondary N) is 1. The topological polar surface area (TPSA) is 64.3 Å². The molecule has 0 heterocycles. The number of primary amides is 1. The molecule has 1 rings (SSSR count). The molecule has 0 fully saturated rings. The van der Waals surface area contributed by atoms with Gasteiger partial charge >= 0.3 is 0 Å². The largest absolute Gasteiger partial charge is 0.489 e. The van der Waals surface area contributed by atoms with Crippen LogP contribution in [0.5, 0.6) is 5.75 Å². The molecule has 16 heavy (non-hydrogen) atoms. The number of hydrogen-bond acceptors (Lipinski definition) is 3. The van der Waals surface area contributed by atoms with Crippen LogP contribution in [0.25, 0.3) is 0 Å². The fraction of sp³-hybridized carbons (Fsp3) is 0.364. The summed E-state index contributed by atoms with van der Waals surface area (Å²) >= 11 is 5.89. The zero-order chi connectivity index (χ0) is 12.1. The van der Waals surface area contributed by atoms with E-state index < -0.39 is 5.91 Å². The molecule has 4 nitrogen and oxygen atoms in total. The second-order valence-electron chi connectivity index (χ2n) is 3.46. The Labute approximate surface area is 99.7 Å². The van der Waals surface area contributed by atoms with Crippen LogP contribution in [-0.4, -0.2) is 25.6 Å². The molecule has 0 saturated carbocycles. The van der Waals surface area contributed by atoms with Crippen LogP contribution in [0.1, 0.15) is 17.3 Å². The van der Waals surface area contributed by atoms with E-state index in [0.717, 1.165) is 0 Å². The van der Waals surface area contributed by atoms with Crippen LogP contribution < -0.4 is 15.8 Å². The number of benzene rings is 1. The third-order valence-electron chi connectivity index (χ3n) is 2.04. The smallest absolute Gasteiger partial charge is 0.253 e. The molecule has 3 N–H and O–H groups in total. The van der Waals surface area contributed by atoms with Crippen LogP contribution in [0.3, 0.4) is 0 Å². The Morgan fingerprint density at radius 3 is 2.88 bits per heavy atom. The summed E-state index contributed by atoms with van der Waals surface area (Å²) in [6.45, 7) is 2.56. The summed E-state index contributed by atoms with van der Waals surface area (Å²) in [6, 6.07) is 5.01. The van der Waals surface area contributed by atoms with Crippen LogP contribution in [0.15, 0.2) is 18.2 Å². The summed E-state index contributed by atoms with van der Waals surface area (Å²) in [6.07, 6.45) is -0.0680. The summed E-state index contributed by atoms with van der Waals surface area (Å²) < 4.78 is 5.58. The minimum atomic E-state index is -0.586. The molecule has 1 amide bonds. The van der Waals surface area contributed by atoms with Crippen molar-refractivity contribution in [1.82, 2.24) is 5.32 Å². The van der Waals surface area contributed by atoms with E-state index >= 15 is 0 Å². The Balaban J connectivity index is 2.95. The Hall–Kier alpha value is -1.26. The van der Waals surface area contributed by atoms with Gasteiger partial charge in [0.25, 0.3) is 5.91 Å². The Morgan fingerprint density at radius 2 is 2.31 bits per heavy atom. The van der Waals surface area contributed by atoms with Gasteiger partial charge in [0.15, 0.2) is 0 Å². The molecule has 0 aliphatic rings. The van der Waals surface area contributed by atoms with Crippen LogP contribution in [-0.2, 0) is 0 Å². The van der Waals surface area contributed by atoms with E-state index in [1.807, 2.05) is 14.0 Å². The molecule has 0 bridgehead atoms. The minimum Gasteiger partial charge on any atom is -0.489 e. The van der Waals surface area contributed by atoms with Crippen LogP contribution in [0.2, 0.25) is 5.02 Å². The van der Waals surface area contributed by atoms with Crippen molar-refractivity contribution >= 4 is 17.5 Å². The number of halogens is 1. The highest BCUT2D eigenvalue weighted by Crippen LogP contribution is 2.26. The Kier molecular flexibility index (Phi) is 4.58. The maximum absolute atomic E-state index is 11.2. The van der Waals surface area contributed by atoms with E-state index in [1.54, 1.807) is 18.2 Å². The molecule has 0 saturated heterocycles. The lowest BCUT2D eigenvalue weighted by molar-refractivity contribution is 0.0994. The molecule has 0 radical (unpaired) electrons. The molecule has 0 aliphatic heterocycles. The van der Waals surface area contributed by atoms with Gasteiger partial charge in [-0.3, -0.25) is 4.79 Å². The molecule has 1 atom stereocenters. The van der Waals surface area contributed by atoms with E-state index in [-0.39, 0.29) is 11.7 Å². The van der Waals surface area contributed by atoms with Gasteiger partial charge in [-0.2, -0.15) is 0 Å². The van der Waals surface area contributed by atoms with E-state index in [2.05, 4.69) is 5.32 Å². The fourth-order valence-corrected chi connectivity index (χ4v) is 1.65. The normalized spacial score (nSPS) is 12.2. The standard InChI is InChI=1S/C11H15ClN2O2/c1-7(6-14-2)16-9-5-3-4-8(12)10(9)11(13)15/h3-5,7,14H,6H2,1-2H3,(H2,13,15). The fourth-order valence-electron chi connectivity index (χ4n) is 1.39. The van der Waals surface area contributed by atoms with E-state index in [9.17, 15) is 4.79 Å². The third kappa shape index (κ3) is 3.12. The highest BCUT2D eigenvalue weighted by Gasteiger charge is 2.15. The lowest BCUT2D eigenvalue weighted by Gasteiger charge is -2.16. The summed E-state index contributed by atoms with van der Waals surface area (Å²) in [5.41, 5.74) is 5.47. The van der Waals surface area contributed by atoms with Gasteiger partial charge in [-0.05, 0) is 26.1 Å². The third-order valence-corrected chi connectivity index (χ3v) is 2.36. The van der Waals surface area contributed by atoms with Crippen molar-refractivity contribution in [1.29, 1.82) is 0 Å². The number of carbonyl (C=O) groups excluding carboxylic acids is 1. The number of nitrogens with two attached hydrogens (primary N) is 1.